The first-order valence-corrected chi connectivity index (χ1v) is 17.4. The Kier molecular flexibility index (Phi) is 11.6. The molecule has 0 unspecified atom stereocenters. The zero-order valence-electron chi connectivity index (χ0n) is 25.2. The molecule has 1 N–H and O–H groups in total. The van der Waals surface area contributed by atoms with Crippen molar-refractivity contribution >= 4 is 62.3 Å². The summed E-state index contributed by atoms with van der Waals surface area (Å²) in [6.07, 6.45) is 5.25. The smallest absolute Gasteiger partial charge is 0.264 e. The second kappa shape index (κ2) is 15.0. The third-order valence-corrected chi connectivity index (χ3v) is 11.0. The number of amides is 2. The number of carbonyl (C=O) groups excluding carboxylic acids is 2. The third-order valence-electron chi connectivity index (χ3n) is 8.06. The summed E-state index contributed by atoms with van der Waals surface area (Å²) in [6.45, 7) is 4.83. The summed E-state index contributed by atoms with van der Waals surface area (Å²) in [5.74, 6) is -0.874. The van der Waals surface area contributed by atoms with Gasteiger partial charge in [0.2, 0.25) is 11.8 Å². The molecule has 0 spiro atoms. The fourth-order valence-electron chi connectivity index (χ4n) is 5.42. The van der Waals surface area contributed by atoms with Crippen LogP contribution in [0.1, 0.15) is 62.1 Å². The molecule has 4 rings (SSSR count). The topological polar surface area (TPSA) is 86.8 Å². The predicted molar refractivity (Wildman–Crippen MR) is 178 cm³/mol. The maximum absolute atomic E-state index is 14.4. The maximum Gasteiger partial charge on any atom is 0.264 e. The number of halogens is 3. The lowest BCUT2D eigenvalue weighted by Crippen LogP contribution is -2.54. The summed E-state index contributed by atoms with van der Waals surface area (Å²) < 4.78 is 29.2. The Morgan fingerprint density at radius 1 is 0.909 bits per heavy atom. The number of aryl methyl sites for hydroxylation is 2. The maximum atomic E-state index is 14.4. The van der Waals surface area contributed by atoms with E-state index in [4.69, 9.17) is 34.8 Å². The number of rotatable bonds is 11. The van der Waals surface area contributed by atoms with Gasteiger partial charge in [0.1, 0.15) is 12.6 Å². The Hall–Kier alpha value is -2.78. The lowest BCUT2D eigenvalue weighted by Gasteiger charge is -2.35. The Morgan fingerprint density at radius 3 is 2.14 bits per heavy atom. The van der Waals surface area contributed by atoms with E-state index in [1.807, 2.05) is 20.8 Å². The molecule has 1 aliphatic rings. The van der Waals surface area contributed by atoms with Gasteiger partial charge in [-0.15, -0.1) is 0 Å². The van der Waals surface area contributed by atoms with E-state index >= 15 is 0 Å². The van der Waals surface area contributed by atoms with E-state index in [0.29, 0.717) is 27.1 Å². The Bertz CT molecular complexity index is 1570. The van der Waals surface area contributed by atoms with E-state index in [1.165, 1.54) is 23.1 Å². The first kappa shape index (κ1) is 34.1. The van der Waals surface area contributed by atoms with E-state index in [2.05, 4.69) is 5.32 Å². The first-order valence-electron chi connectivity index (χ1n) is 14.8. The normalized spacial score (nSPS) is 14.6. The van der Waals surface area contributed by atoms with Gasteiger partial charge in [-0.1, -0.05) is 90.8 Å². The Balaban J connectivity index is 1.76. The molecule has 1 saturated carbocycles. The highest BCUT2D eigenvalue weighted by Crippen LogP contribution is 2.31. The zero-order chi connectivity index (χ0) is 32.0. The van der Waals surface area contributed by atoms with E-state index in [1.54, 1.807) is 42.5 Å². The molecule has 11 heteroatoms. The van der Waals surface area contributed by atoms with Crippen LogP contribution in [0.15, 0.2) is 65.6 Å². The van der Waals surface area contributed by atoms with Gasteiger partial charge in [0, 0.05) is 33.2 Å². The summed E-state index contributed by atoms with van der Waals surface area (Å²) >= 11 is 19.5. The largest absolute Gasteiger partial charge is 0.352 e. The molecule has 0 heterocycles. The van der Waals surface area contributed by atoms with Crippen LogP contribution in [-0.4, -0.2) is 43.8 Å². The van der Waals surface area contributed by atoms with Crippen molar-refractivity contribution in [3.63, 3.8) is 0 Å². The summed E-state index contributed by atoms with van der Waals surface area (Å²) in [5, 5.41) is 4.17. The van der Waals surface area contributed by atoms with Crippen LogP contribution in [0.4, 0.5) is 5.69 Å². The van der Waals surface area contributed by atoms with E-state index in [0.717, 1.165) is 47.5 Å². The SMILES string of the molecule is CC[C@H](C(=O)NC1CCCCC1)N(Cc1c(Cl)cccc1Cl)C(=O)CN(c1ccc(C)c(Cl)c1)S(=O)(=O)c1ccc(C)cc1. The van der Waals surface area contributed by atoms with Crippen molar-refractivity contribution in [1.29, 1.82) is 0 Å². The fraction of sp³-hybridized carbons (Fsp3) is 0.394. The van der Waals surface area contributed by atoms with Gasteiger partial charge in [-0.25, -0.2) is 8.42 Å². The van der Waals surface area contributed by atoms with Crippen LogP contribution in [0, 0.1) is 13.8 Å². The van der Waals surface area contributed by atoms with Gasteiger partial charge in [-0.2, -0.15) is 0 Å². The Morgan fingerprint density at radius 2 is 1.55 bits per heavy atom. The van der Waals surface area contributed by atoms with Crippen molar-refractivity contribution < 1.29 is 18.0 Å². The molecule has 1 aliphatic carbocycles. The average molecular weight is 679 g/mol. The number of benzene rings is 3. The fourth-order valence-corrected chi connectivity index (χ4v) is 7.52. The van der Waals surface area contributed by atoms with E-state index in [-0.39, 0.29) is 29.1 Å². The molecule has 1 fully saturated rings. The van der Waals surface area contributed by atoms with Crippen LogP contribution in [0.25, 0.3) is 0 Å². The van der Waals surface area contributed by atoms with Crippen LogP contribution in [-0.2, 0) is 26.2 Å². The molecule has 44 heavy (non-hydrogen) atoms. The van der Waals surface area contributed by atoms with Gasteiger partial charge in [-0.05, 0) is 75.1 Å². The van der Waals surface area contributed by atoms with Crippen molar-refractivity contribution in [1.82, 2.24) is 10.2 Å². The minimum Gasteiger partial charge on any atom is -0.352 e. The highest BCUT2D eigenvalue weighted by Gasteiger charge is 2.35. The van der Waals surface area contributed by atoms with Crippen molar-refractivity contribution in [2.24, 2.45) is 0 Å². The van der Waals surface area contributed by atoms with Crippen LogP contribution in [0.3, 0.4) is 0 Å². The average Bonchev–Trinajstić information content (AvgIpc) is 2.99. The predicted octanol–water partition coefficient (Wildman–Crippen LogP) is 7.72. The van der Waals surface area contributed by atoms with Crippen molar-refractivity contribution in [2.75, 3.05) is 10.8 Å². The number of sulfonamides is 1. The number of anilines is 1. The van der Waals surface area contributed by atoms with Gasteiger partial charge in [0.25, 0.3) is 10.0 Å². The molecule has 3 aromatic carbocycles. The zero-order valence-corrected chi connectivity index (χ0v) is 28.2. The number of carbonyl (C=O) groups is 2. The third kappa shape index (κ3) is 8.08. The molecular weight excluding hydrogens is 641 g/mol. The highest BCUT2D eigenvalue weighted by molar-refractivity contribution is 7.92. The monoisotopic (exact) mass is 677 g/mol. The summed E-state index contributed by atoms with van der Waals surface area (Å²) in [5.41, 5.74) is 2.35. The number of hydrogen-bond acceptors (Lipinski definition) is 4. The second-order valence-corrected chi connectivity index (χ2v) is 14.3. The Labute approximate surface area is 275 Å². The molecule has 1 atom stereocenters. The second-order valence-electron chi connectivity index (χ2n) is 11.2. The van der Waals surface area contributed by atoms with Crippen LogP contribution < -0.4 is 9.62 Å². The summed E-state index contributed by atoms with van der Waals surface area (Å²) in [4.78, 5) is 29.5. The number of nitrogens with zero attached hydrogens (tertiary/aromatic N) is 2. The van der Waals surface area contributed by atoms with E-state index in [9.17, 15) is 18.0 Å². The quantitative estimate of drug-likeness (QED) is 0.225. The van der Waals surface area contributed by atoms with Gasteiger partial charge in [0.15, 0.2) is 0 Å². The van der Waals surface area contributed by atoms with Crippen LogP contribution >= 0.6 is 34.8 Å². The van der Waals surface area contributed by atoms with Gasteiger partial charge < -0.3 is 10.2 Å². The van der Waals surface area contributed by atoms with Gasteiger partial charge >= 0.3 is 0 Å². The molecule has 0 radical (unpaired) electrons. The summed E-state index contributed by atoms with van der Waals surface area (Å²) in [7, 11) is -4.22. The standard InChI is InChI=1S/C33H38Cl3N3O4S/c1-4-31(33(41)37-24-9-6-5-7-10-24)38(20-27-28(34)11-8-12-29(27)35)32(40)21-39(25-16-15-23(3)30(36)19-25)44(42,43)26-17-13-22(2)14-18-26/h8,11-19,24,31H,4-7,9-10,20-21H2,1-3H3,(H,37,41)/t31-/m1/s1. The molecule has 0 bridgehead atoms. The summed E-state index contributed by atoms with van der Waals surface area (Å²) in [6, 6.07) is 15.4. The van der Waals surface area contributed by atoms with Crippen LogP contribution in [0.5, 0.6) is 0 Å². The molecule has 0 aliphatic heterocycles. The number of hydrogen-bond donors (Lipinski definition) is 1. The van der Waals surface area contributed by atoms with Crippen LogP contribution in [0.2, 0.25) is 15.1 Å². The molecule has 0 aromatic heterocycles. The van der Waals surface area contributed by atoms with Gasteiger partial charge in [0.05, 0.1) is 10.6 Å². The molecular formula is C33H38Cl3N3O4S. The van der Waals surface area contributed by atoms with Gasteiger partial charge in [-0.3, -0.25) is 13.9 Å². The lowest BCUT2D eigenvalue weighted by molar-refractivity contribution is -0.140. The van der Waals surface area contributed by atoms with Crippen molar-refractivity contribution in [3.8, 4) is 0 Å². The minimum atomic E-state index is -4.22. The molecule has 2 amide bonds. The molecule has 236 valence electrons. The number of nitrogens with one attached hydrogen (secondary N) is 1. The van der Waals surface area contributed by atoms with Crippen molar-refractivity contribution in [3.05, 3.63) is 92.4 Å². The van der Waals surface area contributed by atoms with Crippen molar-refractivity contribution in [2.45, 2.75) is 82.8 Å². The van der Waals surface area contributed by atoms with E-state index < -0.39 is 28.5 Å². The first-order chi connectivity index (χ1) is 20.9. The molecule has 3 aromatic rings. The highest BCUT2D eigenvalue weighted by atomic mass is 35.5. The lowest BCUT2D eigenvalue weighted by atomic mass is 9.95. The molecule has 0 saturated heterocycles. The molecule has 7 nitrogen and oxygen atoms in total. The minimum absolute atomic E-state index is 0.0235.